The smallest absolute Gasteiger partial charge is 0.342 e. The van der Waals surface area contributed by atoms with Gasteiger partial charge in [0.05, 0.1) is 15.5 Å². The van der Waals surface area contributed by atoms with Crippen LogP contribution in [0.3, 0.4) is 0 Å². The summed E-state index contributed by atoms with van der Waals surface area (Å²) in [6.07, 6.45) is 0. The fourth-order valence-corrected chi connectivity index (χ4v) is 3.70. The molecule has 0 spiro atoms. The zero-order valence-electron chi connectivity index (χ0n) is 10.9. The largest absolute Gasteiger partial charge is 0.425 e. The Bertz CT molecular complexity index is 762. The number of aliphatic hydroxyl groups is 1. The first kappa shape index (κ1) is 14.6. The topological polar surface area (TPSA) is 46.5 Å². The van der Waals surface area contributed by atoms with Crippen molar-refractivity contribution in [1.29, 1.82) is 0 Å². The summed E-state index contributed by atoms with van der Waals surface area (Å²) in [6.45, 7) is 1.44. The summed E-state index contributed by atoms with van der Waals surface area (Å²) in [6, 6.07) is 10.3. The molecule has 0 aliphatic carbocycles. The standard InChI is InChI=1S/C15H10Cl2O3S/c1-15(19)13(10-5-6-11(17)21-10)12(14(18)20-15)8-3-2-4-9(16)7-8/h2-7,19H,1H3. The van der Waals surface area contributed by atoms with Gasteiger partial charge in [0.25, 0.3) is 0 Å². The molecule has 108 valence electrons. The number of cyclic esters (lactones) is 1. The number of esters is 1. The molecule has 1 atom stereocenters. The van der Waals surface area contributed by atoms with E-state index < -0.39 is 11.8 Å². The first-order chi connectivity index (χ1) is 9.88. The summed E-state index contributed by atoms with van der Waals surface area (Å²) in [5, 5.41) is 10.9. The minimum atomic E-state index is -1.69. The van der Waals surface area contributed by atoms with Crippen LogP contribution in [0.1, 0.15) is 17.4 Å². The Hall–Kier alpha value is -1.33. The Morgan fingerprint density at radius 1 is 1.24 bits per heavy atom. The Kier molecular flexibility index (Phi) is 3.58. The minimum Gasteiger partial charge on any atom is -0.425 e. The van der Waals surface area contributed by atoms with Crippen molar-refractivity contribution in [1.82, 2.24) is 0 Å². The minimum absolute atomic E-state index is 0.306. The van der Waals surface area contributed by atoms with Crippen LogP contribution in [-0.4, -0.2) is 16.9 Å². The first-order valence-corrected chi connectivity index (χ1v) is 7.68. The second-order valence-corrected chi connectivity index (χ2v) is 6.89. The molecule has 1 unspecified atom stereocenters. The van der Waals surface area contributed by atoms with E-state index in [4.69, 9.17) is 27.9 Å². The molecular formula is C15H10Cl2O3S. The molecule has 1 aliphatic heterocycles. The van der Waals surface area contributed by atoms with Crippen molar-refractivity contribution in [2.75, 3.05) is 0 Å². The Morgan fingerprint density at radius 2 is 2.00 bits per heavy atom. The maximum Gasteiger partial charge on any atom is 0.342 e. The Balaban J connectivity index is 2.27. The lowest BCUT2D eigenvalue weighted by Crippen LogP contribution is -2.25. The van der Waals surface area contributed by atoms with Gasteiger partial charge in [-0.2, -0.15) is 0 Å². The second kappa shape index (κ2) is 5.14. The molecule has 0 amide bonds. The Labute approximate surface area is 135 Å². The van der Waals surface area contributed by atoms with Crippen LogP contribution < -0.4 is 0 Å². The van der Waals surface area contributed by atoms with Gasteiger partial charge in [-0.3, -0.25) is 0 Å². The lowest BCUT2D eigenvalue weighted by Gasteiger charge is -2.18. The molecule has 0 radical (unpaired) electrons. The van der Waals surface area contributed by atoms with E-state index in [2.05, 4.69) is 0 Å². The molecule has 6 heteroatoms. The van der Waals surface area contributed by atoms with Gasteiger partial charge in [0.2, 0.25) is 5.79 Å². The molecule has 1 aliphatic rings. The van der Waals surface area contributed by atoms with Crippen LogP contribution in [0.2, 0.25) is 9.36 Å². The van der Waals surface area contributed by atoms with Gasteiger partial charge in [-0.25, -0.2) is 4.79 Å². The monoisotopic (exact) mass is 340 g/mol. The molecule has 0 bridgehead atoms. The molecule has 1 N–H and O–H groups in total. The number of hydrogen-bond donors (Lipinski definition) is 1. The molecule has 3 nitrogen and oxygen atoms in total. The Morgan fingerprint density at radius 3 is 2.62 bits per heavy atom. The van der Waals surface area contributed by atoms with Crippen molar-refractivity contribution in [3.8, 4) is 0 Å². The molecule has 1 aromatic carbocycles. The van der Waals surface area contributed by atoms with E-state index in [9.17, 15) is 9.90 Å². The molecular weight excluding hydrogens is 331 g/mol. The summed E-state index contributed by atoms with van der Waals surface area (Å²) in [7, 11) is 0. The lowest BCUT2D eigenvalue weighted by molar-refractivity contribution is -0.169. The molecule has 1 aromatic heterocycles. The fraction of sp³-hybridized carbons (Fsp3) is 0.133. The highest BCUT2D eigenvalue weighted by atomic mass is 35.5. The van der Waals surface area contributed by atoms with Crippen molar-refractivity contribution in [3.63, 3.8) is 0 Å². The number of benzene rings is 1. The maximum atomic E-state index is 12.2. The summed E-state index contributed by atoms with van der Waals surface area (Å²) >= 11 is 13.2. The average Bonchev–Trinajstić information content (AvgIpc) is 2.89. The number of rotatable bonds is 2. The molecule has 0 saturated carbocycles. The van der Waals surface area contributed by atoms with E-state index in [1.807, 2.05) is 0 Å². The van der Waals surface area contributed by atoms with Crippen molar-refractivity contribution < 1.29 is 14.6 Å². The van der Waals surface area contributed by atoms with Gasteiger partial charge in [-0.15, -0.1) is 11.3 Å². The number of hydrogen-bond acceptors (Lipinski definition) is 4. The third-order valence-corrected chi connectivity index (χ3v) is 4.63. The van der Waals surface area contributed by atoms with Crippen LogP contribution in [0.15, 0.2) is 36.4 Å². The predicted molar refractivity (Wildman–Crippen MR) is 84.3 cm³/mol. The number of carbonyl (C=O) groups is 1. The van der Waals surface area contributed by atoms with Crippen LogP contribution in [0.5, 0.6) is 0 Å². The normalized spacial score (nSPS) is 21.8. The van der Waals surface area contributed by atoms with Gasteiger partial charge in [0.1, 0.15) is 0 Å². The number of carbonyl (C=O) groups excluding carboxylic acids is 1. The SMILES string of the molecule is CC1(O)OC(=O)C(c2cccc(Cl)c2)=C1c1ccc(Cl)s1. The molecule has 0 fully saturated rings. The third kappa shape index (κ3) is 2.60. The molecule has 3 rings (SSSR count). The number of thiophene rings is 1. The van der Waals surface area contributed by atoms with E-state index in [1.165, 1.54) is 18.3 Å². The maximum absolute atomic E-state index is 12.2. The van der Waals surface area contributed by atoms with Gasteiger partial charge in [-0.1, -0.05) is 35.3 Å². The summed E-state index contributed by atoms with van der Waals surface area (Å²) in [5.41, 5.74) is 1.32. The highest BCUT2D eigenvalue weighted by molar-refractivity contribution is 7.17. The molecule has 2 aromatic rings. The fourth-order valence-electron chi connectivity index (χ4n) is 2.32. The van der Waals surface area contributed by atoms with Gasteiger partial charge in [-0.05, 0) is 29.8 Å². The highest BCUT2D eigenvalue weighted by Crippen LogP contribution is 2.45. The number of ether oxygens (including phenoxy) is 1. The van der Waals surface area contributed by atoms with Crippen molar-refractivity contribution in [2.24, 2.45) is 0 Å². The van der Waals surface area contributed by atoms with E-state index in [1.54, 1.807) is 36.4 Å². The van der Waals surface area contributed by atoms with Crippen LogP contribution in [-0.2, 0) is 9.53 Å². The molecule has 2 heterocycles. The highest BCUT2D eigenvalue weighted by Gasteiger charge is 2.44. The summed E-state index contributed by atoms with van der Waals surface area (Å²) < 4.78 is 5.66. The van der Waals surface area contributed by atoms with Gasteiger partial charge in [0, 0.05) is 16.8 Å². The van der Waals surface area contributed by atoms with Crippen molar-refractivity contribution in [2.45, 2.75) is 12.7 Å². The molecule has 21 heavy (non-hydrogen) atoms. The van der Waals surface area contributed by atoms with E-state index >= 15 is 0 Å². The quantitative estimate of drug-likeness (QED) is 0.832. The summed E-state index contributed by atoms with van der Waals surface area (Å²) in [5.74, 6) is -2.27. The van der Waals surface area contributed by atoms with Crippen molar-refractivity contribution >= 4 is 51.7 Å². The predicted octanol–water partition coefficient (Wildman–Crippen LogP) is 4.23. The van der Waals surface area contributed by atoms with Crippen LogP contribution in [0.25, 0.3) is 11.1 Å². The second-order valence-electron chi connectivity index (χ2n) is 4.74. The summed E-state index contributed by atoms with van der Waals surface area (Å²) in [4.78, 5) is 12.9. The van der Waals surface area contributed by atoms with Gasteiger partial charge >= 0.3 is 5.97 Å². The van der Waals surface area contributed by atoms with Crippen molar-refractivity contribution in [3.05, 3.63) is 56.2 Å². The lowest BCUT2D eigenvalue weighted by atomic mass is 9.96. The van der Waals surface area contributed by atoms with E-state index in [0.717, 1.165) is 0 Å². The number of halogens is 2. The zero-order valence-corrected chi connectivity index (χ0v) is 13.2. The average molecular weight is 341 g/mol. The first-order valence-electron chi connectivity index (χ1n) is 6.10. The van der Waals surface area contributed by atoms with Crippen LogP contribution in [0.4, 0.5) is 0 Å². The zero-order chi connectivity index (χ0) is 15.2. The van der Waals surface area contributed by atoms with Crippen LogP contribution >= 0.6 is 34.5 Å². The van der Waals surface area contributed by atoms with Crippen LogP contribution in [0, 0.1) is 0 Å². The van der Waals surface area contributed by atoms with Gasteiger partial charge in [0.15, 0.2) is 0 Å². The third-order valence-electron chi connectivity index (χ3n) is 3.14. The van der Waals surface area contributed by atoms with Gasteiger partial charge < -0.3 is 9.84 Å². The van der Waals surface area contributed by atoms with E-state index in [-0.39, 0.29) is 0 Å². The molecule has 0 saturated heterocycles. The van der Waals surface area contributed by atoms with E-state index in [0.29, 0.717) is 30.9 Å².